The van der Waals surface area contributed by atoms with Gasteiger partial charge in [0.05, 0.1) is 5.69 Å². The lowest BCUT2D eigenvalue weighted by atomic mass is 9.34. The van der Waals surface area contributed by atoms with Crippen LogP contribution in [0.15, 0.2) is 152 Å². The predicted octanol–water partition coefficient (Wildman–Crippen LogP) is 7.81. The van der Waals surface area contributed by atoms with Crippen LogP contribution >= 0.6 is 0 Å². The first-order valence-electron chi connectivity index (χ1n) is 16.2. The molecule has 9 rings (SSSR count). The van der Waals surface area contributed by atoms with Gasteiger partial charge in [-0.25, -0.2) is 15.0 Å². The van der Waals surface area contributed by atoms with E-state index in [-0.39, 0.29) is 12.1 Å². The van der Waals surface area contributed by atoms with Crippen LogP contribution in [-0.4, -0.2) is 21.7 Å². The van der Waals surface area contributed by atoms with E-state index in [1.807, 2.05) is 36.4 Å². The van der Waals surface area contributed by atoms with Gasteiger partial charge in [-0.15, -0.1) is 0 Å². The molecule has 3 heterocycles. The number of aromatic nitrogens is 3. The van der Waals surface area contributed by atoms with E-state index < -0.39 is 0 Å². The van der Waals surface area contributed by atoms with Gasteiger partial charge in [-0.05, 0) is 46.3 Å². The van der Waals surface area contributed by atoms with Crippen molar-refractivity contribution in [3.05, 3.63) is 163 Å². The van der Waals surface area contributed by atoms with Crippen LogP contribution in [-0.2, 0) is 5.41 Å². The van der Waals surface area contributed by atoms with Gasteiger partial charge in [-0.1, -0.05) is 147 Å². The minimum atomic E-state index is -0.266. The molecule has 47 heavy (non-hydrogen) atoms. The van der Waals surface area contributed by atoms with Crippen molar-refractivity contribution in [1.29, 1.82) is 0 Å². The second-order valence-corrected chi connectivity index (χ2v) is 12.9. The van der Waals surface area contributed by atoms with Crippen molar-refractivity contribution in [2.75, 3.05) is 4.90 Å². The summed E-state index contributed by atoms with van der Waals surface area (Å²) in [6, 6.07) is 53.7. The van der Waals surface area contributed by atoms with Gasteiger partial charge in [0.1, 0.15) is 0 Å². The average molecular weight is 603 g/mol. The van der Waals surface area contributed by atoms with E-state index in [0.717, 1.165) is 16.7 Å². The molecule has 0 radical (unpaired) electrons. The van der Waals surface area contributed by atoms with Crippen LogP contribution < -0.4 is 21.3 Å². The van der Waals surface area contributed by atoms with Crippen LogP contribution in [0.25, 0.3) is 34.2 Å². The summed E-state index contributed by atoms with van der Waals surface area (Å²) < 4.78 is 0. The van der Waals surface area contributed by atoms with E-state index in [2.05, 4.69) is 134 Å². The lowest BCUT2D eigenvalue weighted by molar-refractivity contribution is 0.632. The van der Waals surface area contributed by atoms with Gasteiger partial charge in [0.25, 0.3) is 0 Å². The van der Waals surface area contributed by atoms with E-state index in [4.69, 9.17) is 15.0 Å². The molecule has 0 atom stereocenters. The normalized spacial score (nSPS) is 13.8. The Morgan fingerprint density at radius 3 is 1.68 bits per heavy atom. The van der Waals surface area contributed by atoms with E-state index in [9.17, 15) is 0 Å². The Morgan fingerprint density at radius 1 is 0.468 bits per heavy atom. The molecule has 5 heteroatoms. The number of fused-ring (bicyclic) bond motifs is 4. The Kier molecular flexibility index (Phi) is 6.22. The Labute approximate surface area is 275 Å². The maximum absolute atomic E-state index is 5.05. The van der Waals surface area contributed by atoms with Crippen LogP contribution in [0.1, 0.15) is 25.0 Å². The molecule has 0 bridgehead atoms. The third kappa shape index (κ3) is 4.34. The maximum atomic E-state index is 5.05. The summed E-state index contributed by atoms with van der Waals surface area (Å²) in [5.74, 6) is 2.00. The van der Waals surface area contributed by atoms with Crippen molar-refractivity contribution in [2.24, 2.45) is 0 Å². The van der Waals surface area contributed by atoms with E-state index in [1.54, 1.807) is 0 Å². The summed E-state index contributed by atoms with van der Waals surface area (Å²) in [6.45, 7) is 4.85. The first kappa shape index (κ1) is 27.5. The monoisotopic (exact) mass is 602 g/mol. The summed E-state index contributed by atoms with van der Waals surface area (Å²) in [5.41, 5.74) is 12.9. The molecule has 0 saturated carbocycles. The number of para-hydroxylation sites is 2. The van der Waals surface area contributed by atoms with Gasteiger partial charge < -0.3 is 4.90 Å². The molecule has 0 amide bonds. The molecule has 0 N–H and O–H groups in total. The van der Waals surface area contributed by atoms with Gasteiger partial charge in [-0.2, -0.15) is 0 Å². The number of benzene rings is 6. The highest BCUT2D eigenvalue weighted by molar-refractivity contribution is 6.98. The highest BCUT2D eigenvalue weighted by Crippen LogP contribution is 2.52. The quantitative estimate of drug-likeness (QED) is 0.193. The number of rotatable bonds is 4. The molecule has 2 aliphatic heterocycles. The predicted molar refractivity (Wildman–Crippen MR) is 194 cm³/mol. The first-order valence-corrected chi connectivity index (χ1v) is 16.2. The van der Waals surface area contributed by atoms with Gasteiger partial charge in [-0.3, -0.25) is 0 Å². The zero-order valence-corrected chi connectivity index (χ0v) is 26.3. The fourth-order valence-electron chi connectivity index (χ4n) is 7.48. The summed E-state index contributed by atoms with van der Waals surface area (Å²) in [6.07, 6.45) is 0. The van der Waals surface area contributed by atoms with Crippen molar-refractivity contribution in [3.63, 3.8) is 0 Å². The van der Waals surface area contributed by atoms with Crippen LogP contribution in [0.5, 0.6) is 0 Å². The van der Waals surface area contributed by atoms with Crippen molar-refractivity contribution >= 4 is 40.2 Å². The molecule has 0 aliphatic carbocycles. The van der Waals surface area contributed by atoms with E-state index >= 15 is 0 Å². The average Bonchev–Trinajstić information content (AvgIpc) is 3.14. The molecule has 0 saturated heterocycles. The molecule has 6 aromatic carbocycles. The topological polar surface area (TPSA) is 41.9 Å². The minimum absolute atomic E-state index is 0.160. The Bertz CT molecular complexity index is 2230. The van der Waals surface area contributed by atoms with Gasteiger partial charge in [0.15, 0.2) is 17.5 Å². The minimum Gasteiger partial charge on any atom is -0.311 e. The molecular weight excluding hydrogens is 571 g/mol. The standard InChI is InChI=1S/C42H31BN4/c1-42(2)32-21-14-23-35-38(32)47(37-24-13-12-22-34(37)43(35)31-19-10-5-11-20-31)36-26-25-30(27-33(36)42)41-45-39(28-15-6-3-7-16-28)44-40(46-41)29-17-8-4-9-18-29/h3-27H,1-2H3. The molecular formula is C42H31BN4. The van der Waals surface area contributed by atoms with Crippen molar-refractivity contribution in [1.82, 2.24) is 15.0 Å². The molecule has 2 aliphatic rings. The second-order valence-electron chi connectivity index (χ2n) is 12.9. The zero-order chi connectivity index (χ0) is 31.5. The number of hydrogen-bond donors (Lipinski definition) is 0. The van der Waals surface area contributed by atoms with Crippen LogP contribution in [0.2, 0.25) is 0 Å². The molecule has 7 aromatic rings. The largest absolute Gasteiger partial charge is 0.311 e. The SMILES string of the molecule is CC1(C)c2cc(-c3nc(-c4ccccc4)nc(-c4ccccc4)n3)ccc2N2c3ccccc3B(c3ccccc3)c3cccc1c32. The smallest absolute Gasteiger partial charge is 0.246 e. The molecule has 4 nitrogen and oxygen atoms in total. The zero-order valence-electron chi connectivity index (χ0n) is 26.3. The summed E-state index contributed by atoms with van der Waals surface area (Å²) >= 11 is 0. The van der Waals surface area contributed by atoms with Crippen molar-refractivity contribution in [3.8, 4) is 34.2 Å². The Balaban J connectivity index is 1.25. The Morgan fingerprint density at radius 2 is 1.02 bits per heavy atom. The van der Waals surface area contributed by atoms with Crippen LogP contribution in [0.4, 0.5) is 17.1 Å². The fourth-order valence-corrected chi connectivity index (χ4v) is 7.48. The molecule has 1 aromatic heterocycles. The van der Waals surface area contributed by atoms with Gasteiger partial charge >= 0.3 is 0 Å². The second kappa shape index (κ2) is 10.6. The number of hydrogen-bond acceptors (Lipinski definition) is 4. The molecule has 0 unspecified atom stereocenters. The van der Waals surface area contributed by atoms with Crippen molar-refractivity contribution in [2.45, 2.75) is 19.3 Å². The molecule has 0 fully saturated rings. The Hall–Kier alpha value is -5.81. The fraction of sp³-hybridized carbons (Fsp3) is 0.0714. The summed E-state index contributed by atoms with van der Waals surface area (Å²) in [4.78, 5) is 17.5. The first-order chi connectivity index (χ1) is 23.1. The van der Waals surface area contributed by atoms with Crippen molar-refractivity contribution < 1.29 is 0 Å². The summed E-state index contributed by atoms with van der Waals surface area (Å²) in [5, 5.41) is 0. The number of anilines is 3. The lowest BCUT2D eigenvalue weighted by Crippen LogP contribution is -2.58. The highest BCUT2D eigenvalue weighted by Gasteiger charge is 2.44. The highest BCUT2D eigenvalue weighted by atomic mass is 15.2. The number of nitrogens with zero attached hydrogens (tertiary/aromatic N) is 4. The maximum Gasteiger partial charge on any atom is 0.246 e. The van der Waals surface area contributed by atoms with Gasteiger partial charge in [0, 0.05) is 33.5 Å². The van der Waals surface area contributed by atoms with Crippen LogP contribution in [0, 0.1) is 0 Å². The van der Waals surface area contributed by atoms with E-state index in [1.165, 1.54) is 44.6 Å². The lowest BCUT2D eigenvalue weighted by Gasteiger charge is -2.47. The summed E-state index contributed by atoms with van der Waals surface area (Å²) in [7, 11) is 0. The molecule has 222 valence electrons. The van der Waals surface area contributed by atoms with Crippen LogP contribution in [0.3, 0.4) is 0 Å². The molecule has 0 spiro atoms. The third-order valence-electron chi connectivity index (χ3n) is 9.77. The van der Waals surface area contributed by atoms with E-state index in [0.29, 0.717) is 17.5 Å². The van der Waals surface area contributed by atoms with Gasteiger partial charge in [0.2, 0.25) is 6.71 Å². The third-order valence-corrected chi connectivity index (χ3v) is 9.77.